The maximum Gasteiger partial charge on any atom is 0.408 e. The van der Waals surface area contributed by atoms with Gasteiger partial charge in [0, 0.05) is 11.6 Å². The van der Waals surface area contributed by atoms with Crippen LogP contribution >= 0.6 is 0 Å². The summed E-state index contributed by atoms with van der Waals surface area (Å²) in [5, 5.41) is 5.69. The summed E-state index contributed by atoms with van der Waals surface area (Å²) in [5.41, 5.74) is 0.401. The molecule has 0 spiro atoms. The third-order valence-electron chi connectivity index (χ3n) is 5.07. The zero-order chi connectivity index (χ0) is 25.6. The van der Waals surface area contributed by atoms with E-state index in [1.807, 2.05) is 58.9 Å². The van der Waals surface area contributed by atoms with Crippen LogP contribution in [0, 0.1) is 6.92 Å². The molecule has 1 aromatic rings. The highest BCUT2D eigenvalue weighted by Gasteiger charge is 2.41. The van der Waals surface area contributed by atoms with Gasteiger partial charge in [-0.05, 0) is 74.3 Å². The smallest absolute Gasteiger partial charge is 0.408 e. The van der Waals surface area contributed by atoms with E-state index in [0.29, 0.717) is 0 Å². The molecule has 186 valence electrons. The lowest BCUT2D eigenvalue weighted by Crippen LogP contribution is -2.58. The molecule has 2 N–H and O–H groups in total. The number of hydrogen-bond acceptors (Lipinski definition) is 4. The minimum Gasteiger partial charge on any atom is -0.444 e. The Bertz CT molecular complexity index is 806. The molecule has 0 saturated heterocycles. The van der Waals surface area contributed by atoms with Crippen molar-refractivity contribution in [3.8, 4) is 0 Å². The fraction of sp³-hybridized carbons (Fsp3) is 0.654. The zero-order valence-corrected chi connectivity index (χ0v) is 22.0. The Hall–Kier alpha value is -2.57. The third-order valence-corrected chi connectivity index (χ3v) is 5.07. The number of amides is 3. The maximum atomic E-state index is 13.7. The number of nitrogens with one attached hydrogen (secondary N) is 2. The van der Waals surface area contributed by atoms with Crippen LogP contribution in [0.2, 0.25) is 0 Å². The van der Waals surface area contributed by atoms with Gasteiger partial charge in [0.15, 0.2) is 0 Å². The lowest BCUT2D eigenvalue weighted by Gasteiger charge is -2.43. The van der Waals surface area contributed by atoms with E-state index in [0.717, 1.165) is 24.0 Å². The average molecular weight is 462 g/mol. The standard InChI is InChI=1S/C26H43N3O4/c1-11-12-18(3)27-22(30)21(20-15-13-17(2)14-16-20)29(25(5,6)7)23(31)19(4)28-24(32)33-26(8,9)10/h13-16,18-19,21H,11-12H2,1-10H3,(H,27,30)(H,28,32). The second kappa shape index (κ2) is 11.5. The SMILES string of the molecule is CCCC(C)NC(=O)C(c1ccc(C)cc1)N(C(=O)C(C)NC(=O)OC(C)(C)C)C(C)(C)C. The second-order valence-corrected chi connectivity index (χ2v) is 10.8. The molecule has 1 aromatic carbocycles. The highest BCUT2D eigenvalue weighted by molar-refractivity contribution is 5.92. The van der Waals surface area contributed by atoms with Gasteiger partial charge in [0.1, 0.15) is 17.7 Å². The molecule has 33 heavy (non-hydrogen) atoms. The fourth-order valence-corrected chi connectivity index (χ4v) is 3.59. The van der Waals surface area contributed by atoms with Crippen LogP contribution < -0.4 is 10.6 Å². The van der Waals surface area contributed by atoms with Crippen LogP contribution in [-0.4, -0.2) is 46.0 Å². The van der Waals surface area contributed by atoms with Crippen LogP contribution in [0.4, 0.5) is 4.79 Å². The van der Waals surface area contributed by atoms with Crippen molar-refractivity contribution in [3.63, 3.8) is 0 Å². The molecule has 0 bridgehead atoms. The summed E-state index contributed by atoms with van der Waals surface area (Å²) in [7, 11) is 0. The maximum absolute atomic E-state index is 13.7. The summed E-state index contributed by atoms with van der Waals surface area (Å²) in [5.74, 6) is -0.607. The molecule has 0 radical (unpaired) electrons. The monoisotopic (exact) mass is 461 g/mol. The first-order chi connectivity index (χ1) is 15.1. The lowest BCUT2D eigenvalue weighted by molar-refractivity contribution is -0.148. The van der Waals surface area contributed by atoms with Crippen molar-refractivity contribution in [3.05, 3.63) is 35.4 Å². The van der Waals surface area contributed by atoms with Gasteiger partial charge < -0.3 is 20.3 Å². The average Bonchev–Trinajstić information content (AvgIpc) is 2.63. The number of nitrogens with zero attached hydrogens (tertiary/aromatic N) is 1. The number of benzene rings is 1. The number of carbonyl (C=O) groups excluding carboxylic acids is 3. The number of hydrogen-bond donors (Lipinski definition) is 2. The van der Waals surface area contributed by atoms with Crippen LogP contribution in [0.5, 0.6) is 0 Å². The van der Waals surface area contributed by atoms with Gasteiger partial charge in [0.2, 0.25) is 11.8 Å². The summed E-state index contributed by atoms with van der Waals surface area (Å²) in [6, 6.07) is 5.86. The van der Waals surface area contributed by atoms with Gasteiger partial charge in [-0.3, -0.25) is 9.59 Å². The number of rotatable bonds is 8. The Morgan fingerprint density at radius 3 is 1.97 bits per heavy atom. The van der Waals surface area contributed by atoms with E-state index in [4.69, 9.17) is 4.74 Å². The molecule has 0 heterocycles. The van der Waals surface area contributed by atoms with Crippen LogP contribution in [0.1, 0.15) is 92.3 Å². The molecular formula is C26H43N3O4. The number of carbonyl (C=O) groups is 3. The van der Waals surface area contributed by atoms with Gasteiger partial charge in [-0.2, -0.15) is 0 Å². The van der Waals surface area contributed by atoms with Crippen molar-refractivity contribution in [1.82, 2.24) is 15.5 Å². The van der Waals surface area contributed by atoms with E-state index >= 15 is 0 Å². The minimum absolute atomic E-state index is 0.0234. The van der Waals surface area contributed by atoms with Gasteiger partial charge in [-0.1, -0.05) is 43.2 Å². The normalized spacial score (nSPS) is 14.6. The molecule has 0 aliphatic rings. The van der Waals surface area contributed by atoms with Crippen molar-refractivity contribution < 1.29 is 19.1 Å². The Balaban J connectivity index is 3.36. The Morgan fingerprint density at radius 2 is 1.52 bits per heavy atom. The summed E-state index contributed by atoms with van der Waals surface area (Å²) in [4.78, 5) is 41.0. The molecule has 0 fully saturated rings. The van der Waals surface area contributed by atoms with Crippen molar-refractivity contribution in [2.75, 3.05) is 0 Å². The summed E-state index contributed by atoms with van der Waals surface area (Å²) >= 11 is 0. The first-order valence-corrected chi connectivity index (χ1v) is 11.8. The molecule has 0 saturated carbocycles. The zero-order valence-electron chi connectivity index (χ0n) is 22.0. The molecule has 3 atom stereocenters. The van der Waals surface area contributed by atoms with Crippen molar-refractivity contribution in [1.29, 1.82) is 0 Å². The van der Waals surface area contributed by atoms with Gasteiger partial charge in [0.05, 0.1) is 0 Å². The molecule has 3 unspecified atom stereocenters. The molecule has 0 aromatic heterocycles. The lowest BCUT2D eigenvalue weighted by atomic mass is 9.95. The highest BCUT2D eigenvalue weighted by atomic mass is 16.6. The van der Waals surface area contributed by atoms with E-state index < -0.39 is 29.3 Å². The molecule has 1 rings (SSSR count). The van der Waals surface area contributed by atoms with Crippen LogP contribution in [-0.2, 0) is 14.3 Å². The van der Waals surface area contributed by atoms with Gasteiger partial charge >= 0.3 is 6.09 Å². The fourth-order valence-electron chi connectivity index (χ4n) is 3.59. The molecule has 0 aliphatic heterocycles. The van der Waals surface area contributed by atoms with E-state index in [1.165, 1.54) is 0 Å². The van der Waals surface area contributed by atoms with Crippen LogP contribution in [0.15, 0.2) is 24.3 Å². The van der Waals surface area contributed by atoms with E-state index in [9.17, 15) is 14.4 Å². The molecule has 0 aliphatic carbocycles. The van der Waals surface area contributed by atoms with Crippen LogP contribution in [0.25, 0.3) is 0 Å². The second-order valence-electron chi connectivity index (χ2n) is 10.8. The minimum atomic E-state index is -0.882. The van der Waals surface area contributed by atoms with Crippen molar-refractivity contribution in [2.45, 2.75) is 111 Å². The molecule has 3 amide bonds. The Morgan fingerprint density at radius 1 is 0.970 bits per heavy atom. The van der Waals surface area contributed by atoms with Gasteiger partial charge in [-0.15, -0.1) is 0 Å². The molecular weight excluding hydrogens is 418 g/mol. The van der Waals surface area contributed by atoms with Crippen molar-refractivity contribution in [2.24, 2.45) is 0 Å². The highest BCUT2D eigenvalue weighted by Crippen LogP contribution is 2.30. The van der Waals surface area contributed by atoms with Gasteiger partial charge in [0.25, 0.3) is 0 Å². The van der Waals surface area contributed by atoms with E-state index in [-0.39, 0.29) is 17.9 Å². The Kier molecular flexibility index (Phi) is 9.94. The third kappa shape index (κ3) is 9.06. The summed E-state index contributed by atoms with van der Waals surface area (Å²) < 4.78 is 5.31. The largest absolute Gasteiger partial charge is 0.444 e. The first kappa shape index (κ1) is 28.5. The quantitative estimate of drug-likeness (QED) is 0.577. The molecule has 7 heteroatoms. The van der Waals surface area contributed by atoms with Crippen molar-refractivity contribution >= 4 is 17.9 Å². The van der Waals surface area contributed by atoms with Gasteiger partial charge in [-0.25, -0.2) is 4.79 Å². The predicted octanol–water partition coefficient (Wildman–Crippen LogP) is 4.88. The number of ether oxygens (including phenoxy) is 1. The molecule has 7 nitrogen and oxygen atoms in total. The Labute approximate surface area is 199 Å². The van der Waals surface area contributed by atoms with E-state index in [1.54, 1.807) is 32.6 Å². The van der Waals surface area contributed by atoms with E-state index in [2.05, 4.69) is 17.6 Å². The topological polar surface area (TPSA) is 87.7 Å². The number of alkyl carbamates (subject to hydrolysis) is 1. The first-order valence-electron chi connectivity index (χ1n) is 11.8. The summed E-state index contributed by atoms with van der Waals surface area (Å²) in [6.45, 7) is 18.5. The number of aryl methyl sites for hydroxylation is 1. The predicted molar refractivity (Wildman–Crippen MR) is 132 cm³/mol. The van der Waals surface area contributed by atoms with Crippen LogP contribution in [0.3, 0.4) is 0 Å². The summed E-state index contributed by atoms with van der Waals surface area (Å²) in [6.07, 6.45) is 1.10.